The third-order valence-corrected chi connectivity index (χ3v) is 4.03. The van der Waals surface area contributed by atoms with E-state index in [-0.39, 0.29) is 29.4 Å². The second-order valence-corrected chi connectivity index (χ2v) is 5.37. The van der Waals surface area contributed by atoms with Gasteiger partial charge in [-0.25, -0.2) is 9.69 Å². The molecule has 1 saturated carbocycles. The van der Waals surface area contributed by atoms with Crippen molar-refractivity contribution in [1.29, 1.82) is 0 Å². The Bertz CT molecular complexity index is 590. The van der Waals surface area contributed by atoms with E-state index in [0.29, 0.717) is 12.1 Å². The van der Waals surface area contributed by atoms with Gasteiger partial charge in [0.05, 0.1) is 5.69 Å². The summed E-state index contributed by atoms with van der Waals surface area (Å²) in [7, 11) is 0. The number of carbonyl (C=O) groups is 3. The van der Waals surface area contributed by atoms with Crippen LogP contribution in [0.1, 0.15) is 19.3 Å². The predicted molar refractivity (Wildman–Crippen MR) is 72.9 cm³/mol. The number of carboxylic acid groups (broad SMARTS) is 1. The molecule has 1 saturated heterocycles. The zero-order valence-electron chi connectivity index (χ0n) is 11.3. The molecule has 1 aliphatic heterocycles. The largest absolute Gasteiger partial charge is 0.480 e. The lowest BCUT2D eigenvalue weighted by atomic mass is 9.96. The SMILES string of the molecule is O=C(O)COc1ccccc1N1C(=O)C2CCC(C2)C1=O. The minimum Gasteiger partial charge on any atom is -0.480 e. The smallest absolute Gasteiger partial charge is 0.341 e. The molecule has 2 aliphatic rings. The van der Waals surface area contributed by atoms with E-state index < -0.39 is 12.6 Å². The minimum absolute atomic E-state index is 0.111. The van der Waals surface area contributed by atoms with E-state index in [1.54, 1.807) is 24.3 Å². The Morgan fingerprint density at radius 1 is 1.19 bits per heavy atom. The Morgan fingerprint density at radius 2 is 1.81 bits per heavy atom. The number of nitrogens with zero attached hydrogens (tertiary/aromatic N) is 1. The highest BCUT2D eigenvalue weighted by Crippen LogP contribution is 2.42. The lowest BCUT2D eigenvalue weighted by molar-refractivity contribution is -0.139. The molecule has 21 heavy (non-hydrogen) atoms. The van der Waals surface area contributed by atoms with E-state index in [9.17, 15) is 14.4 Å². The maximum Gasteiger partial charge on any atom is 0.341 e. The van der Waals surface area contributed by atoms with Crippen molar-refractivity contribution in [2.75, 3.05) is 11.5 Å². The monoisotopic (exact) mass is 289 g/mol. The number of hydrogen-bond donors (Lipinski definition) is 1. The fourth-order valence-corrected chi connectivity index (χ4v) is 3.04. The summed E-state index contributed by atoms with van der Waals surface area (Å²) in [6, 6.07) is 6.54. The lowest BCUT2D eigenvalue weighted by Gasteiger charge is -2.30. The van der Waals surface area contributed by atoms with Crippen molar-refractivity contribution < 1.29 is 24.2 Å². The van der Waals surface area contributed by atoms with Crippen molar-refractivity contribution in [2.24, 2.45) is 11.8 Å². The van der Waals surface area contributed by atoms with E-state index in [1.807, 2.05) is 0 Å². The maximum atomic E-state index is 12.4. The summed E-state index contributed by atoms with van der Waals surface area (Å²) in [5.74, 6) is -1.51. The van der Waals surface area contributed by atoms with Gasteiger partial charge in [-0.05, 0) is 31.4 Å². The summed E-state index contributed by atoms with van der Waals surface area (Å²) in [4.78, 5) is 36.6. The molecule has 6 heteroatoms. The van der Waals surface area contributed by atoms with Gasteiger partial charge in [-0.3, -0.25) is 9.59 Å². The Labute approximate surface area is 121 Å². The van der Waals surface area contributed by atoms with Gasteiger partial charge in [0.2, 0.25) is 11.8 Å². The van der Waals surface area contributed by atoms with Crippen LogP contribution in [0.4, 0.5) is 5.69 Å². The molecule has 0 spiro atoms. The summed E-state index contributed by atoms with van der Waals surface area (Å²) in [6.07, 6.45) is 2.11. The van der Waals surface area contributed by atoms with Crippen LogP contribution in [0.25, 0.3) is 0 Å². The zero-order chi connectivity index (χ0) is 15.0. The number of rotatable bonds is 4. The first kappa shape index (κ1) is 13.6. The molecular formula is C15H15NO5. The van der Waals surface area contributed by atoms with Gasteiger partial charge in [0.25, 0.3) is 0 Å². The number of fused-ring (bicyclic) bond motifs is 2. The van der Waals surface area contributed by atoms with Crippen molar-refractivity contribution in [2.45, 2.75) is 19.3 Å². The highest BCUT2D eigenvalue weighted by atomic mass is 16.5. The van der Waals surface area contributed by atoms with Crippen molar-refractivity contribution in [3.63, 3.8) is 0 Å². The number of piperidine rings is 1. The fourth-order valence-electron chi connectivity index (χ4n) is 3.04. The molecule has 2 atom stereocenters. The number of carbonyl (C=O) groups excluding carboxylic acids is 2. The summed E-state index contributed by atoms with van der Waals surface area (Å²) in [5.41, 5.74) is 0.338. The van der Waals surface area contributed by atoms with E-state index in [2.05, 4.69) is 0 Å². The highest BCUT2D eigenvalue weighted by molar-refractivity contribution is 6.19. The Kier molecular flexibility index (Phi) is 3.37. The van der Waals surface area contributed by atoms with Crippen molar-refractivity contribution in [3.05, 3.63) is 24.3 Å². The first-order valence-electron chi connectivity index (χ1n) is 6.89. The lowest BCUT2D eigenvalue weighted by Crippen LogP contribution is -2.46. The number of para-hydroxylation sites is 2. The van der Waals surface area contributed by atoms with Crippen LogP contribution in [0.3, 0.4) is 0 Å². The van der Waals surface area contributed by atoms with Gasteiger partial charge in [-0.1, -0.05) is 12.1 Å². The molecule has 1 heterocycles. The first-order valence-corrected chi connectivity index (χ1v) is 6.89. The molecule has 2 amide bonds. The second kappa shape index (κ2) is 5.20. The average Bonchev–Trinajstić information content (AvgIpc) is 2.91. The maximum absolute atomic E-state index is 12.4. The number of ether oxygens (including phenoxy) is 1. The van der Waals surface area contributed by atoms with Crippen molar-refractivity contribution >= 4 is 23.5 Å². The summed E-state index contributed by atoms with van der Waals surface area (Å²) >= 11 is 0. The van der Waals surface area contributed by atoms with Crippen LogP contribution in [-0.2, 0) is 14.4 Å². The molecule has 2 unspecified atom stereocenters. The standard InChI is InChI=1S/C15H15NO5/c17-13(18)8-21-12-4-2-1-3-11(12)16-14(19)9-5-6-10(7-9)15(16)20/h1-4,9-10H,5-8H2,(H,17,18). The van der Waals surface area contributed by atoms with Crippen LogP contribution < -0.4 is 9.64 Å². The van der Waals surface area contributed by atoms with Gasteiger partial charge in [-0.2, -0.15) is 0 Å². The third-order valence-electron chi connectivity index (χ3n) is 4.03. The van der Waals surface area contributed by atoms with Crippen LogP contribution in [0, 0.1) is 11.8 Å². The second-order valence-electron chi connectivity index (χ2n) is 5.37. The van der Waals surface area contributed by atoms with Gasteiger partial charge in [0.1, 0.15) is 5.75 Å². The third kappa shape index (κ3) is 2.37. The predicted octanol–water partition coefficient (Wildman–Crippen LogP) is 1.44. The zero-order valence-corrected chi connectivity index (χ0v) is 11.3. The summed E-state index contributed by atoms with van der Waals surface area (Å²) < 4.78 is 5.19. The molecule has 1 N–H and O–H groups in total. The number of benzene rings is 1. The van der Waals surface area contributed by atoms with Crippen LogP contribution in [-0.4, -0.2) is 29.5 Å². The molecule has 1 aromatic carbocycles. The van der Waals surface area contributed by atoms with E-state index >= 15 is 0 Å². The number of amides is 2. The summed E-state index contributed by atoms with van der Waals surface area (Å²) in [6.45, 7) is -0.514. The molecule has 3 rings (SSSR count). The fraction of sp³-hybridized carbons (Fsp3) is 0.400. The average molecular weight is 289 g/mol. The molecule has 1 aliphatic carbocycles. The Hall–Kier alpha value is -2.37. The van der Waals surface area contributed by atoms with Crippen LogP contribution in [0.2, 0.25) is 0 Å². The van der Waals surface area contributed by atoms with Crippen LogP contribution >= 0.6 is 0 Å². The van der Waals surface area contributed by atoms with E-state index in [1.165, 1.54) is 4.90 Å². The molecule has 0 radical (unpaired) electrons. The van der Waals surface area contributed by atoms with Crippen molar-refractivity contribution in [3.8, 4) is 5.75 Å². The van der Waals surface area contributed by atoms with Gasteiger partial charge < -0.3 is 9.84 Å². The molecule has 2 bridgehead atoms. The number of aliphatic carboxylic acids is 1. The van der Waals surface area contributed by atoms with E-state index in [0.717, 1.165) is 12.8 Å². The first-order chi connectivity index (χ1) is 10.1. The van der Waals surface area contributed by atoms with Gasteiger partial charge in [0.15, 0.2) is 6.61 Å². The van der Waals surface area contributed by atoms with E-state index in [4.69, 9.17) is 9.84 Å². The van der Waals surface area contributed by atoms with Gasteiger partial charge >= 0.3 is 5.97 Å². The summed E-state index contributed by atoms with van der Waals surface area (Å²) in [5, 5.41) is 8.70. The topological polar surface area (TPSA) is 83.9 Å². The number of carboxylic acids is 1. The number of imide groups is 1. The Balaban J connectivity index is 1.94. The van der Waals surface area contributed by atoms with Crippen molar-refractivity contribution in [1.82, 2.24) is 0 Å². The molecular weight excluding hydrogens is 274 g/mol. The molecule has 0 aromatic heterocycles. The normalized spacial score (nSPS) is 24.3. The number of hydrogen-bond acceptors (Lipinski definition) is 4. The van der Waals surface area contributed by atoms with Crippen LogP contribution in [0.5, 0.6) is 5.75 Å². The molecule has 6 nitrogen and oxygen atoms in total. The Morgan fingerprint density at radius 3 is 2.43 bits per heavy atom. The highest BCUT2D eigenvalue weighted by Gasteiger charge is 2.46. The quantitative estimate of drug-likeness (QED) is 0.848. The van der Waals surface area contributed by atoms with Crippen LogP contribution in [0.15, 0.2) is 24.3 Å². The molecule has 2 fully saturated rings. The van der Waals surface area contributed by atoms with Gasteiger partial charge in [-0.15, -0.1) is 0 Å². The number of anilines is 1. The minimum atomic E-state index is -1.11. The molecule has 110 valence electrons. The molecule has 1 aromatic rings. The van der Waals surface area contributed by atoms with Gasteiger partial charge in [0, 0.05) is 11.8 Å².